The number of rotatable bonds is 1. The van der Waals surface area contributed by atoms with Crippen molar-refractivity contribution >= 4 is 16.6 Å². The molecule has 1 aromatic carbocycles. The van der Waals surface area contributed by atoms with Gasteiger partial charge < -0.3 is 11.2 Å². The van der Waals surface area contributed by atoms with Gasteiger partial charge in [-0.3, -0.25) is 0 Å². The van der Waals surface area contributed by atoms with Crippen LogP contribution in [0.5, 0.6) is 0 Å². The van der Waals surface area contributed by atoms with E-state index < -0.39 is 0 Å². The number of nitrogen functional groups attached to an aromatic ring is 1. The number of anilines is 1. The van der Waals surface area contributed by atoms with Crippen molar-refractivity contribution in [2.75, 3.05) is 18.2 Å². The molecule has 0 aliphatic carbocycles. The van der Waals surface area contributed by atoms with E-state index in [-0.39, 0.29) is 0 Å². The fraction of sp³-hybridized carbons (Fsp3) is 0.125. The molecule has 0 fully saturated rings. The van der Waals surface area contributed by atoms with Crippen LogP contribution in [0.1, 0.15) is 0 Å². The second-order valence-electron chi connectivity index (χ2n) is 2.60. The molecule has 0 saturated carbocycles. The zero-order valence-electron chi connectivity index (χ0n) is 6.78. The fourth-order valence-electron chi connectivity index (χ4n) is 1.21. The first-order valence-corrected chi connectivity index (χ1v) is 3.72. The number of hydrogen-bond donors (Lipinski definition) is 2. The summed E-state index contributed by atoms with van der Waals surface area (Å²) >= 11 is 0. The lowest BCUT2D eigenvalue weighted by molar-refractivity contribution is 0.810. The molecule has 0 atom stereocenters. The number of nitrogens with zero attached hydrogens (tertiary/aromatic N) is 2. The van der Waals surface area contributed by atoms with Gasteiger partial charge in [0.15, 0.2) is 0 Å². The summed E-state index contributed by atoms with van der Waals surface area (Å²) in [6, 6.07) is 5.70. The average molecular weight is 162 g/mol. The van der Waals surface area contributed by atoms with Crippen molar-refractivity contribution in [3.8, 4) is 0 Å². The van der Waals surface area contributed by atoms with Crippen LogP contribution >= 0.6 is 0 Å². The molecule has 2 rings (SSSR count). The summed E-state index contributed by atoms with van der Waals surface area (Å²) in [4.78, 5) is 1.69. The second kappa shape index (κ2) is 2.41. The van der Waals surface area contributed by atoms with E-state index in [1.165, 1.54) is 0 Å². The van der Waals surface area contributed by atoms with Gasteiger partial charge in [-0.15, -0.1) is 0 Å². The Morgan fingerprint density at radius 1 is 1.50 bits per heavy atom. The Hall–Kier alpha value is -1.71. The minimum Gasteiger partial charge on any atom is -0.399 e. The lowest BCUT2D eigenvalue weighted by Gasteiger charge is -2.00. The van der Waals surface area contributed by atoms with E-state index in [1.54, 1.807) is 11.0 Å². The molecule has 0 spiro atoms. The standard InChI is InChI=1S/C8H10N4/c1-10-12-8-4-7(9)3-2-6(8)5-11-12/h2-5,10H,9H2,1H3. The summed E-state index contributed by atoms with van der Waals surface area (Å²) in [5.41, 5.74) is 10.3. The third-order valence-electron chi connectivity index (χ3n) is 1.81. The Morgan fingerprint density at radius 2 is 2.33 bits per heavy atom. The fourth-order valence-corrected chi connectivity index (χ4v) is 1.21. The predicted molar refractivity (Wildman–Crippen MR) is 49.4 cm³/mol. The smallest absolute Gasteiger partial charge is 0.0938 e. The van der Waals surface area contributed by atoms with Crippen LogP contribution in [-0.4, -0.2) is 16.9 Å². The van der Waals surface area contributed by atoms with Crippen molar-refractivity contribution in [3.63, 3.8) is 0 Å². The average Bonchev–Trinajstić information content (AvgIpc) is 2.46. The largest absolute Gasteiger partial charge is 0.399 e. The molecular formula is C8H10N4. The van der Waals surface area contributed by atoms with E-state index in [9.17, 15) is 0 Å². The molecule has 0 bridgehead atoms. The van der Waals surface area contributed by atoms with Crippen LogP contribution in [0.15, 0.2) is 24.4 Å². The quantitative estimate of drug-likeness (QED) is 0.609. The number of benzene rings is 1. The van der Waals surface area contributed by atoms with E-state index in [0.717, 1.165) is 16.6 Å². The van der Waals surface area contributed by atoms with Crippen molar-refractivity contribution in [3.05, 3.63) is 24.4 Å². The summed E-state index contributed by atoms with van der Waals surface area (Å²) in [5, 5.41) is 5.19. The highest BCUT2D eigenvalue weighted by molar-refractivity contribution is 5.81. The van der Waals surface area contributed by atoms with E-state index in [4.69, 9.17) is 5.73 Å². The van der Waals surface area contributed by atoms with Crippen LogP contribution in [0.2, 0.25) is 0 Å². The van der Waals surface area contributed by atoms with E-state index in [1.807, 2.05) is 25.2 Å². The van der Waals surface area contributed by atoms with Crippen molar-refractivity contribution in [1.82, 2.24) is 9.89 Å². The zero-order valence-corrected chi connectivity index (χ0v) is 6.78. The first-order chi connectivity index (χ1) is 5.81. The highest BCUT2D eigenvalue weighted by atomic mass is 15.5. The van der Waals surface area contributed by atoms with E-state index >= 15 is 0 Å². The van der Waals surface area contributed by atoms with Gasteiger partial charge in [0.05, 0.1) is 11.7 Å². The van der Waals surface area contributed by atoms with Crippen LogP contribution in [0, 0.1) is 0 Å². The highest BCUT2D eigenvalue weighted by Crippen LogP contribution is 2.15. The molecule has 0 aliphatic rings. The molecule has 3 N–H and O–H groups in total. The summed E-state index contributed by atoms with van der Waals surface area (Å²) in [5.74, 6) is 0. The number of hydrogen-bond acceptors (Lipinski definition) is 3. The van der Waals surface area contributed by atoms with Crippen LogP contribution < -0.4 is 11.2 Å². The molecule has 4 nitrogen and oxygen atoms in total. The number of fused-ring (bicyclic) bond motifs is 1. The molecule has 0 unspecified atom stereocenters. The highest BCUT2D eigenvalue weighted by Gasteiger charge is 1.99. The lowest BCUT2D eigenvalue weighted by atomic mass is 10.2. The second-order valence-corrected chi connectivity index (χ2v) is 2.60. The minimum atomic E-state index is 0.750. The zero-order chi connectivity index (χ0) is 8.55. The van der Waals surface area contributed by atoms with Gasteiger partial charge in [-0.2, -0.15) is 9.89 Å². The molecular weight excluding hydrogens is 152 g/mol. The van der Waals surface area contributed by atoms with Gasteiger partial charge >= 0.3 is 0 Å². The van der Waals surface area contributed by atoms with Crippen molar-refractivity contribution in [1.29, 1.82) is 0 Å². The summed E-state index contributed by atoms with van der Waals surface area (Å²) in [6.45, 7) is 0. The monoisotopic (exact) mass is 162 g/mol. The van der Waals surface area contributed by atoms with Crippen LogP contribution in [0.3, 0.4) is 0 Å². The Balaban J connectivity index is 2.75. The first-order valence-electron chi connectivity index (χ1n) is 3.72. The maximum Gasteiger partial charge on any atom is 0.0938 e. The summed E-state index contributed by atoms with van der Waals surface area (Å²) in [7, 11) is 1.82. The van der Waals surface area contributed by atoms with Crippen molar-refractivity contribution in [2.45, 2.75) is 0 Å². The Labute approximate surface area is 69.9 Å². The maximum atomic E-state index is 5.64. The Bertz CT molecular complexity index is 404. The number of nitrogens with one attached hydrogen (secondary N) is 1. The van der Waals surface area contributed by atoms with Gasteiger partial charge in [0.1, 0.15) is 0 Å². The first kappa shape index (κ1) is 6.97. The van der Waals surface area contributed by atoms with Crippen molar-refractivity contribution < 1.29 is 0 Å². The number of nitrogens with two attached hydrogens (primary N) is 1. The third-order valence-corrected chi connectivity index (χ3v) is 1.81. The number of aromatic nitrogens is 2. The van der Waals surface area contributed by atoms with Gasteiger partial charge in [-0.05, 0) is 18.2 Å². The molecule has 0 amide bonds. The molecule has 4 heteroatoms. The molecule has 62 valence electrons. The molecule has 0 saturated heterocycles. The van der Waals surface area contributed by atoms with E-state index in [0.29, 0.717) is 0 Å². The summed E-state index contributed by atoms with van der Waals surface area (Å²) in [6.07, 6.45) is 1.80. The molecule has 1 heterocycles. The SMILES string of the molecule is CNn1ncc2ccc(N)cc21. The molecule has 1 aromatic heterocycles. The van der Waals surface area contributed by atoms with Crippen LogP contribution in [0.25, 0.3) is 10.9 Å². The Morgan fingerprint density at radius 3 is 3.08 bits per heavy atom. The Kier molecular flexibility index (Phi) is 1.40. The van der Waals surface area contributed by atoms with Crippen LogP contribution in [0.4, 0.5) is 5.69 Å². The summed E-state index contributed by atoms with van der Waals surface area (Å²) < 4.78 is 0. The third kappa shape index (κ3) is 0.887. The molecule has 0 aliphatic heterocycles. The molecule has 0 radical (unpaired) electrons. The normalized spacial score (nSPS) is 10.4. The van der Waals surface area contributed by atoms with E-state index in [2.05, 4.69) is 10.5 Å². The van der Waals surface area contributed by atoms with Crippen LogP contribution in [-0.2, 0) is 0 Å². The predicted octanol–water partition coefficient (Wildman–Crippen LogP) is 0.792. The van der Waals surface area contributed by atoms with Gasteiger partial charge in [0, 0.05) is 18.1 Å². The van der Waals surface area contributed by atoms with Gasteiger partial charge in [0.25, 0.3) is 0 Å². The van der Waals surface area contributed by atoms with Gasteiger partial charge in [0.2, 0.25) is 0 Å². The van der Waals surface area contributed by atoms with Gasteiger partial charge in [-0.25, -0.2) is 0 Å². The maximum absolute atomic E-state index is 5.64. The molecule has 2 aromatic rings. The minimum absolute atomic E-state index is 0.750. The van der Waals surface area contributed by atoms with Crippen molar-refractivity contribution in [2.24, 2.45) is 0 Å². The lowest BCUT2D eigenvalue weighted by Crippen LogP contribution is -2.09. The molecule has 12 heavy (non-hydrogen) atoms. The topological polar surface area (TPSA) is 55.9 Å². The van der Waals surface area contributed by atoms with Gasteiger partial charge in [-0.1, -0.05) is 0 Å².